The summed E-state index contributed by atoms with van der Waals surface area (Å²) in [7, 11) is 2.92. The molecule has 8 nitrogen and oxygen atoms in total. The van der Waals surface area contributed by atoms with Gasteiger partial charge in [-0.1, -0.05) is 12.8 Å². The predicted molar refractivity (Wildman–Crippen MR) is 98.0 cm³/mol. The van der Waals surface area contributed by atoms with Gasteiger partial charge in [0.15, 0.2) is 11.5 Å². The van der Waals surface area contributed by atoms with Gasteiger partial charge < -0.3 is 19.5 Å². The number of carbonyl (C=O) groups excluding carboxylic acids is 3. The van der Waals surface area contributed by atoms with E-state index in [4.69, 9.17) is 14.2 Å². The van der Waals surface area contributed by atoms with Gasteiger partial charge in [0.05, 0.1) is 14.2 Å². The van der Waals surface area contributed by atoms with E-state index in [9.17, 15) is 14.4 Å². The summed E-state index contributed by atoms with van der Waals surface area (Å²) in [6, 6.07) is 2.86. The number of amides is 2. The Balaban J connectivity index is 1.64. The van der Waals surface area contributed by atoms with Gasteiger partial charge in [-0.25, -0.2) is 4.79 Å². The largest absolute Gasteiger partial charge is 0.493 e. The summed E-state index contributed by atoms with van der Waals surface area (Å²) in [5, 5.41) is 3.05. The second-order valence-corrected chi connectivity index (χ2v) is 7.37. The van der Waals surface area contributed by atoms with Crippen LogP contribution in [0.25, 0.3) is 0 Å². The number of methoxy groups -OCH3 is 2. The van der Waals surface area contributed by atoms with E-state index in [2.05, 4.69) is 5.32 Å². The van der Waals surface area contributed by atoms with Crippen molar-refractivity contribution >= 4 is 17.8 Å². The lowest BCUT2D eigenvalue weighted by Crippen LogP contribution is -2.48. The van der Waals surface area contributed by atoms with Crippen LogP contribution in [0.2, 0.25) is 0 Å². The molecule has 0 aromatic heterocycles. The molecule has 1 saturated carbocycles. The van der Waals surface area contributed by atoms with E-state index in [-0.39, 0.29) is 35.6 Å². The van der Waals surface area contributed by atoms with Crippen LogP contribution in [-0.4, -0.2) is 49.0 Å². The molecular weight excluding hydrogens is 364 g/mol. The van der Waals surface area contributed by atoms with Crippen LogP contribution in [0.1, 0.15) is 60.7 Å². The minimum absolute atomic E-state index is 0.160. The van der Waals surface area contributed by atoms with Crippen molar-refractivity contribution < 1.29 is 28.6 Å². The molecule has 2 aliphatic heterocycles. The van der Waals surface area contributed by atoms with E-state index in [1.807, 2.05) is 0 Å². The molecule has 2 amide bonds. The van der Waals surface area contributed by atoms with Gasteiger partial charge in [-0.2, -0.15) is 0 Å². The van der Waals surface area contributed by atoms with Crippen molar-refractivity contribution in [2.45, 2.75) is 56.8 Å². The number of fused-ring (bicyclic) bond motifs is 1. The van der Waals surface area contributed by atoms with Gasteiger partial charge in [-0.3, -0.25) is 14.5 Å². The Bertz CT molecular complexity index is 817. The van der Waals surface area contributed by atoms with E-state index < -0.39 is 18.2 Å². The minimum Gasteiger partial charge on any atom is -0.493 e. The van der Waals surface area contributed by atoms with Crippen LogP contribution in [0.4, 0.5) is 0 Å². The van der Waals surface area contributed by atoms with Crippen molar-refractivity contribution in [2.24, 2.45) is 0 Å². The molecule has 1 aliphatic carbocycles. The molecule has 1 saturated heterocycles. The molecule has 28 heavy (non-hydrogen) atoms. The fraction of sp³-hybridized carbons (Fsp3) is 0.550. The molecule has 0 radical (unpaired) electrons. The molecule has 2 fully saturated rings. The van der Waals surface area contributed by atoms with Crippen molar-refractivity contribution in [3.05, 3.63) is 23.3 Å². The Morgan fingerprint density at radius 1 is 1.14 bits per heavy atom. The number of benzene rings is 1. The molecule has 2 atom stereocenters. The van der Waals surface area contributed by atoms with Crippen molar-refractivity contribution in [1.29, 1.82) is 0 Å². The number of nitrogens with one attached hydrogen (secondary N) is 1. The second kappa shape index (κ2) is 7.33. The molecule has 2 heterocycles. The maximum Gasteiger partial charge on any atom is 0.344 e. The lowest BCUT2D eigenvalue weighted by Gasteiger charge is -2.30. The van der Waals surface area contributed by atoms with Crippen LogP contribution >= 0.6 is 0 Å². The molecule has 150 valence electrons. The third-order valence-electron chi connectivity index (χ3n) is 5.78. The Labute approximate surface area is 163 Å². The number of cyclic esters (lactones) is 1. The summed E-state index contributed by atoms with van der Waals surface area (Å²) >= 11 is 0. The lowest BCUT2D eigenvalue weighted by molar-refractivity contribution is -0.146. The van der Waals surface area contributed by atoms with Gasteiger partial charge >= 0.3 is 5.97 Å². The number of hydrogen-bond donors (Lipinski definition) is 1. The summed E-state index contributed by atoms with van der Waals surface area (Å²) in [6.45, 7) is 0. The molecule has 4 rings (SSSR count). The predicted octanol–water partition coefficient (Wildman–Crippen LogP) is 1.92. The summed E-state index contributed by atoms with van der Waals surface area (Å²) in [4.78, 5) is 39.4. The number of likely N-dealkylation sites (tertiary alicyclic amines) is 1. The molecule has 0 unspecified atom stereocenters. The van der Waals surface area contributed by atoms with E-state index in [1.54, 1.807) is 12.1 Å². The molecule has 3 aliphatic rings. The maximum atomic E-state index is 12.8. The van der Waals surface area contributed by atoms with Crippen LogP contribution < -0.4 is 14.8 Å². The first-order valence-electron chi connectivity index (χ1n) is 9.62. The number of ether oxygens (including phenoxy) is 3. The number of esters is 1. The highest BCUT2D eigenvalue weighted by molar-refractivity contribution is 5.99. The quantitative estimate of drug-likeness (QED) is 0.775. The number of carbonyl (C=O) groups is 3. The maximum absolute atomic E-state index is 12.8. The molecule has 1 N–H and O–H groups in total. The zero-order valence-electron chi connectivity index (χ0n) is 16.0. The van der Waals surface area contributed by atoms with Gasteiger partial charge in [0.2, 0.25) is 18.0 Å². The van der Waals surface area contributed by atoms with Gasteiger partial charge in [0.1, 0.15) is 11.6 Å². The van der Waals surface area contributed by atoms with Crippen molar-refractivity contribution in [2.75, 3.05) is 14.2 Å². The SMILES string of the molecule is COc1ccc2c(c1OC)C(=O)O[C@@H]2N1C(=O)CC[C@H]1C(=O)NC1CCCC1. The molecule has 1 aromatic carbocycles. The minimum atomic E-state index is -0.934. The van der Waals surface area contributed by atoms with Crippen LogP contribution in [0.5, 0.6) is 11.5 Å². The van der Waals surface area contributed by atoms with Crippen LogP contribution in [0.3, 0.4) is 0 Å². The average molecular weight is 388 g/mol. The monoisotopic (exact) mass is 388 g/mol. The number of hydrogen-bond acceptors (Lipinski definition) is 6. The van der Waals surface area contributed by atoms with E-state index in [0.29, 0.717) is 17.7 Å². The number of nitrogens with zero attached hydrogens (tertiary/aromatic N) is 1. The van der Waals surface area contributed by atoms with Gasteiger partial charge in [-0.05, 0) is 31.4 Å². The third kappa shape index (κ3) is 2.96. The normalized spacial score (nSPS) is 24.3. The average Bonchev–Trinajstić information content (AvgIpc) is 3.40. The first-order valence-corrected chi connectivity index (χ1v) is 9.62. The first kappa shape index (κ1) is 18.6. The Kier molecular flexibility index (Phi) is 4.87. The lowest BCUT2D eigenvalue weighted by atomic mass is 10.0. The molecule has 8 heteroatoms. The topological polar surface area (TPSA) is 94.2 Å². The molecule has 0 spiro atoms. The number of rotatable bonds is 5. The van der Waals surface area contributed by atoms with E-state index in [1.165, 1.54) is 19.1 Å². The van der Waals surface area contributed by atoms with Gasteiger partial charge in [-0.15, -0.1) is 0 Å². The molecule has 1 aromatic rings. The fourth-order valence-electron chi connectivity index (χ4n) is 4.41. The van der Waals surface area contributed by atoms with E-state index in [0.717, 1.165) is 25.7 Å². The first-order chi connectivity index (χ1) is 13.5. The third-order valence-corrected chi connectivity index (χ3v) is 5.78. The van der Waals surface area contributed by atoms with Gasteiger partial charge in [0.25, 0.3) is 0 Å². The Hall–Kier alpha value is -2.77. The molecular formula is C20H24N2O6. The second-order valence-electron chi connectivity index (χ2n) is 7.37. The summed E-state index contributed by atoms with van der Waals surface area (Å²) in [5.41, 5.74) is 0.748. The van der Waals surface area contributed by atoms with Crippen molar-refractivity contribution in [1.82, 2.24) is 10.2 Å². The smallest absolute Gasteiger partial charge is 0.344 e. The van der Waals surface area contributed by atoms with Crippen molar-refractivity contribution in [3.8, 4) is 11.5 Å². The zero-order valence-corrected chi connectivity index (χ0v) is 16.0. The summed E-state index contributed by atoms with van der Waals surface area (Å²) < 4.78 is 16.1. The molecule has 0 bridgehead atoms. The summed E-state index contributed by atoms with van der Waals surface area (Å²) in [5.74, 6) is -0.298. The highest BCUT2D eigenvalue weighted by Crippen LogP contribution is 2.45. The van der Waals surface area contributed by atoms with Crippen LogP contribution in [0.15, 0.2) is 12.1 Å². The standard InChI is InChI=1S/C20H24N2O6/c1-26-14-9-7-12-16(17(14)27-2)20(25)28-19(12)22-13(8-10-15(22)23)18(24)21-11-5-3-4-6-11/h7,9,11,13,19H,3-6,8,10H2,1-2H3,(H,21,24)/t13-,19-/m0/s1. The van der Waals surface area contributed by atoms with Crippen molar-refractivity contribution in [3.63, 3.8) is 0 Å². The Morgan fingerprint density at radius 3 is 2.57 bits per heavy atom. The Morgan fingerprint density at radius 2 is 1.89 bits per heavy atom. The van der Waals surface area contributed by atoms with E-state index >= 15 is 0 Å². The van der Waals surface area contributed by atoms with Crippen LogP contribution in [-0.2, 0) is 14.3 Å². The zero-order chi connectivity index (χ0) is 19.8. The highest BCUT2D eigenvalue weighted by Gasteiger charge is 2.48. The highest BCUT2D eigenvalue weighted by atomic mass is 16.6. The summed E-state index contributed by atoms with van der Waals surface area (Å²) in [6.07, 6.45) is 3.86. The fourth-order valence-corrected chi connectivity index (χ4v) is 4.41. The van der Waals surface area contributed by atoms with Crippen LogP contribution in [0, 0.1) is 0 Å². The van der Waals surface area contributed by atoms with Gasteiger partial charge in [0, 0.05) is 18.0 Å².